The Hall–Kier alpha value is -0.120. The quantitative estimate of drug-likeness (QED) is 0.771. The normalized spacial score (nSPS) is 26.2. The van der Waals surface area contributed by atoms with E-state index in [0.717, 1.165) is 38.4 Å². The lowest BCUT2D eigenvalue weighted by Gasteiger charge is -2.40. The van der Waals surface area contributed by atoms with Gasteiger partial charge < -0.3 is 10.0 Å². The van der Waals surface area contributed by atoms with Gasteiger partial charge in [0.15, 0.2) is 0 Å². The van der Waals surface area contributed by atoms with Crippen LogP contribution < -0.4 is 0 Å². The van der Waals surface area contributed by atoms with E-state index in [1.807, 2.05) is 0 Å². The van der Waals surface area contributed by atoms with Gasteiger partial charge in [0, 0.05) is 25.7 Å². The van der Waals surface area contributed by atoms with Crippen molar-refractivity contribution in [2.45, 2.75) is 45.3 Å². The van der Waals surface area contributed by atoms with Crippen LogP contribution in [0.2, 0.25) is 0 Å². The van der Waals surface area contributed by atoms with Crippen LogP contribution in [0.15, 0.2) is 0 Å². The molecule has 1 rings (SSSR count). The van der Waals surface area contributed by atoms with Gasteiger partial charge in [-0.2, -0.15) is 0 Å². The SMILES string of the molecule is CC(C)CCCC(O)C1CN(C)CCN1C. The maximum atomic E-state index is 10.2. The largest absolute Gasteiger partial charge is 0.391 e. The Kier molecular flexibility index (Phi) is 5.73. The van der Waals surface area contributed by atoms with Gasteiger partial charge in [-0.25, -0.2) is 0 Å². The molecule has 0 saturated carbocycles. The maximum absolute atomic E-state index is 10.2. The van der Waals surface area contributed by atoms with Crippen molar-refractivity contribution >= 4 is 0 Å². The van der Waals surface area contributed by atoms with Crippen LogP contribution in [0, 0.1) is 5.92 Å². The molecule has 0 amide bonds. The van der Waals surface area contributed by atoms with Gasteiger partial charge in [-0.15, -0.1) is 0 Å². The van der Waals surface area contributed by atoms with Crippen molar-refractivity contribution in [1.29, 1.82) is 0 Å². The average Bonchev–Trinajstić information content (AvgIpc) is 2.21. The zero-order chi connectivity index (χ0) is 12.1. The molecule has 1 fully saturated rings. The van der Waals surface area contributed by atoms with Gasteiger partial charge in [-0.05, 0) is 26.4 Å². The van der Waals surface area contributed by atoms with Crippen LogP contribution in [0.5, 0.6) is 0 Å². The molecule has 1 N–H and O–H groups in total. The van der Waals surface area contributed by atoms with Gasteiger partial charge in [0.05, 0.1) is 6.10 Å². The van der Waals surface area contributed by atoms with Gasteiger partial charge >= 0.3 is 0 Å². The lowest BCUT2D eigenvalue weighted by molar-refractivity contribution is 0.00945. The third-order valence-electron chi connectivity index (χ3n) is 3.62. The fraction of sp³-hybridized carbons (Fsp3) is 1.00. The molecule has 0 aromatic carbocycles. The molecule has 0 aromatic rings. The van der Waals surface area contributed by atoms with Gasteiger partial charge in [0.25, 0.3) is 0 Å². The van der Waals surface area contributed by atoms with E-state index in [4.69, 9.17) is 0 Å². The average molecular weight is 228 g/mol. The monoisotopic (exact) mass is 228 g/mol. The van der Waals surface area contributed by atoms with Crippen LogP contribution in [-0.2, 0) is 0 Å². The van der Waals surface area contributed by atoms with Crippen molar-refractivity contribution in [3.63, 3.8) is 0 Å². The number of likely N-dealkylation sites (N-methyl/N-ethyl adjacent to an activating group) is 2. The predicted molar refractivity (Wildman–Crippen MR) is 68.6 cm³/mol. The van der Waals surface area contributed by atoms with Gasteiger partial charge in [-0.3, -0.25) is 4.90 Å². The lowest BCUT2D eigenvalue weighted by Crippen LogP contribution is -2.55. The summed E-state index contributed by atoms with van der Waals surface area (Å²) in [5.41, 5.74) is 0. The number of hydrogen-bond acceptors (Lipinski definition) is 3. The molecule has 0 bridgehead atoms. The number of piperazine rings is 1. The molecule has 3 heteroatoms. The number of aliphatic hydroxyl groups excluding tert-OH is 1. The second-order valence-electron chi connectivity index (χ2n) is 5.70. The van der Waals surface area contributed by atoms with Crippen molar-refractivity contribution in [1.82, 2.24) is 9.80 Å². The van der Waals surface area contributed by atoms with Crippen molar-refractivity contribution in [2.75, 3.05) is 33.7 Å². The molecule has 96 valence electrons. The van der Waals surface area contributed by atoms with E-state index in [1.54, 1.807) is 0 Å². The van der Waals surface area contributed by atoms with Crippen LogP contribution in [0.25, 0.3) is 0 Å². The fourth-order valence-corrected chi connectivity index (χ4v) is 2.39. The third-order valence-corrected chi connectivity index (χ3v) is 3.62. The third kappa shape index (κ3) is 4.40. The summed E-state index contributed by atoms with van der Waals surface area (Å²) in [6.07, 6.45) is 3.16. The first kappa shape index (κ1) is 13.9. The molecule has 1 saturated heterocycles. The minimum atomic E-state index is -0.161. The first-order valence-corrected chi connectivity index (χ1v) is 6.57. The summed E-state index contributed by atoms with van der Waals surface area (Å²) in [7, 11) is 4.27. The van der Waals surface area contributed by atoms with Crippen molar-refractivity contribution in [2.24, 2.45) is 5.92 Å². The molecule has 0 aliphatic carbocycles. The summed E-state index contributed by atoms with van der Waals surface area (Å²) < 4.78 is 0. The minimum absolute atomic E-state index is 0.161. The first-order chi connectivity index (χ1) is 7.50. The molecule has 0 aromatic heterocycles. The molecular weight excluding hydrogens is 200 g/mol. The number of aliphatic hydroxyl groups is 1. The highest BCUT2D eigenvalue weighted by atomic mass is 16.3. The fourth-order valence-electron chi connectivity index (χ4n) is 2.39. The van der Waals surface area contributed by atoms with E-state index in [9.17, 15) is 5.11 Å². The highest BCUT2D eigenvalue weighted by molar-refractivity contribution is 4.84. The molecule has 3 nitrogen and oxygen atoms in total. The summed E-state index contributed by atoms with van der Waals surface area (Å²) >= 11 is 0. The van der Waals surface area contributed by atoms with Gasteiger partial charge in [0.2, 0.25) is 0 Å². The zero-order valence-electron chi connectivity index (χ0n) is 11.3. The Morgan fingerprint density at radius 3 is 2.50 bits per heavy atom. The summed E-state index contributed by atoms with van der Waals surface area (Å²) in [6.45, 7) is 7.67. The van der Waals surface area contributed by atoms with Crippen LogP contribution in [0.3, 0.4) is 0 Å². The van der Waals surface area contributed by atoms with E-state index in [2.05, 4.69) is 37.7 Å². The summed E-state index contributed by atoms with van der Waals surface area (Å²) in [5.74, 6) is 0.749. The zero-order valence-corrected chi connectivity index (χ0v) is 11.3. The Morgan fingerprint density at radius 2 is 1.88 bits per heavy atom. The van der Waals surface area contributed by atoms with Crippen LogP contribution in [-0.4, -0.2) is 60.8 Å². The second-order valence-corrected chi connectivity index (χ2v) is 5.70. The molecule has 2 atom stereocenters. The minimum Gasteiger partial charge on any atom is -0.391 e. The van der Waals surface area contributed by atoms with Crippen molar-refractivity contribution < 1.29 is 5.11 Å². The number of hydrogen-bond donors (Lipinski definition) is 1. The predicted octanol–water partition coefficient (Wildman–Crippen LogP) is 1.42. The Balaban J connectivity index is 2.30. The smallest absolute Gasteiger partial charge is 0.0707 e. The van der Waals surface area contributed by atoms with Gasteiger partial charge in [-0.1, -0.05) is 26.7 Å². The Bertz CT molecular complexity index is 196. The van der Waals surface area contributed by atoms with Crippen LogP contribution >= 0.6 is 0 Å². The molecule has 1 heterocycles. The van der Waals surface area contributed by atoms with Crippen molar-refractivity contribution in [3.8, 4) is 0 Å². The molecule has 2 unspecified atom stereocenters. The molecule has 0 spiro atoms. The van der Waals surface area contributed by atoms with Gasteiger partial charge in [0.1, 0.15) is 0 Å². The Labute approximate surface area is 100 Å². The summed E-state index contributed by atoms with van der Waals surface area (Å²) in [4.78, 5) is 4.62. The molecule has 0 radical (unpaired) electrons. The Morgan fingerprint density at radius 1 is 1.19 bits per heavy atom. The van der Waals surface area contributed by atoms with E-state index in [1.165, 1.54) is 6.42 Å². The lowest BCUT2D eigenvalue weighted by atomic mass is 9.98. The summed E-state index contributed by atoms with van der Waals surface area (Å²) in [5, 5.41) is 10.2. The standard InChI is InChI=1S/C13H28N2O/c1-11(2)6-5-7-13(16)12-10-14(3)8-9-15(12)4/h11-13,16H,5-10H2,1-4H3. The van der Waals surface area contributed by atoms with E-state index in [-0.39, 0.29) is 6.10 Å². The van der Waals surface area contributed by atoms with Crippen LogP contribution in [0.4, 0.5) is 0 Å². The topological polar surface area (TPSA) is 26.7 Å². The van der Waals surface area contributed by atoms with Crippen LogP contribution in [0.1, 0.15) is 33.1 Å². The van der Waals surface area contributed by atoms with E-state index >= 15 is 0 Å². The maximum Gasteiger partial charge on any atom is 0.0707 e. The molecule has 16 heavy (non-hydrogen) atoms. The van der Waals surface area contributed by atoms with E-state index in [0.29, 0.717) is 6.04 Å². The number of rotatable bonds is 5. The molecule has 1 aliphatic heterocycles. The highest BCUT2D eigenvalue weighted by Gasteiger charge is 2.27. The summed E-state index contributed by atoms with van der Waals surface area (Å²) in [6, 6.07) is 0.325. The molecule has 1 aliphatic rings. The molecular formula is C13H28N2O. The number of nitrogens with zero attached hydrogens (tertiary/aromatic N) is 2. The second kappa shape index (κ2) is 6.58. The van der Waals surface area contributed by atoms with Crippen molar-refractivity contribution in [3.05, 3.63) is 0 Å². The van der Waals surface area contributed by atoms with E-state index < -0.39 is 0 Å². The first-order valence-electron chi connectivity index (χ1n) is 6.57. The highest BCUT2D eigenvalue weighted by Crippen LogP contribution is 2.16.